The fraction of sp³-hybridized carbons (Fsp3) is 0.0909. The molecule has 0 bridgehead atoms. The maximum Gasteiger partial charge on any atom is 0.206 e. The molecular formula is C11H5Cl3O2. The van der Waals surface area contributed by atoms with E-state index in [1.54, 1.807) is 18.2 Å². The van der Waals surface area contributed by atoms with Crippen LogP contribution in [0.5, 0.6) is 0 Å². The average Bonchev–Trinajstić information content (AvgIpc) is 2.33. The number of benzene rings is 1. The van der Waals surface area contributed by atoms with Crippen LogP contribution in [-0.4, -0.2) is 11.6 Å². The zero-order chi connectivity index (χ0) is 11.9. The third kappa shape index (κ3) is 1.67. The van der Waals surface area contributed by atoms with Crippen molar-refractivity contribution in [3.63, 3.8) is 0 Å². The Morgan fingerprint density at radius 1 is 0.938 bits per heavy atom. The van der Waals surface area contributed by atoms with Gasteiger partial charge in [-0.05, 0) is 17.7 Å². The Morgan fingerprint density at radius 3 is 2.06 bits per heavy atom. The lowest BCUT2D eigenvalue weighted by Gasteiger charge is -2.14. The molecule has 0 atom stereocenters. The van der Waals surface area contributed by atoms with Crippen LogP contribution in [0.4, 0.5) is 0 Å². The molecule has 16 heavy (non-hydrogen) atoms. The van der Waals surface area contributed by atoms with Crippen molar-refractivity contribution in [3.8, 4) is 0 Å². The summed E-state index contributed by atoms with van der Waals surface area (Å²) in [5.41, 5.74) is 1.29. The minimum Gasteiger partial charge on any atom is -0.288 e. The molecule has 0 radical (unpaired) electrons. The Balaban J connectivity index is 2.67. The van der Waals surface area contributed by atoms with Gasteiger partial charge in [0.25, 0.3) is 0 Å². The van der Waals surface area contributed by atoms with E-state index in [1.807, 2.05) is 0 Å². The highest BCUT2D eigenvalue weighted by atomic mass is 35.5. The molecule has 2 nitrogen and oxygen atoms in total. The summed E-state index contributed by atoms with van der Waals surface area (Å²) in [5.74, 6) is -0.597. The molecule has 0 aromatic heterocycles. The summed E-state index contributed by atoms with van der Waals surface area (Å²) >= 11 is 17.0. The minimum absolute atomic E-state index is 0.224. The number of hydrogen-bond acceptors (Lipinski definition) is 2. The van der Waals surface area contributed by atoms with Gasteiger partial charge in [0, 0.05) is 17.0 Å². The first kappa shape index (κ1) is 11.6. The van der Waals surface area contributed by atoms with E-state index in [0.717, 1.165) is 5.56 Å². The Bertz CT molecular complexity index is 532. The van der Waals surface area contributed by atoms with Gasteiger partial charge >= 0.3 is 0 Å². The Hall–Kier alpha value is -0.830. The second-order valence-electron chi connectivity index (χ2n) is 3.30. The lowest BCUT2D eigenvalue weighted by molar-refractivity contribution is 0.0987. The second-order valence-corrected chi connectivity index (χ2v) is 4.32. The van der Waals surface area contributed by atoms with Crippen molar-refractivity contribution in [2.75, 3.05) is 0 Å². The maximum absolute atomic E-state index is 11.8. The number of fused-ring (bicyclic) bond motifs is 1. The molecule has 0 aliphatic heterocycles. The topological polar surface area (TPSA) is 34.1 Å². The molecule has 1 aliphatic carbocycles. The molecule has 0 heterocycles. The van der Waals surface area contributed by atoms with E-state index >= 15 is 0 Å². The van der Waals surface area contributed by atoms with Crippen LogP contribution in [0, 0.1) is 0 Å². The van der Waals surface area contributed by atoms with Crippen molar-refractivity contribution in [1.29, 1.82) is 0 Å². The molecule has 2 rings (SSSR count). The first-order chi connectivity index (χ1) is 7.56. The highest BCUT2D eigenvalue weighted by Crippen LogP contribution is 2.31. The van der Waals surface area contributed by atoms with Crippen molar-refractivity contribution in [1.82, 2.24) is 0 Å². The number of carbonyl (C=O) groups excluding carboxylic acids is 2. The zero-order valence-corrected chi connectivity index (χ0v) is 10.2. The molecule has 5 heteroatoms. The lowest BCUT2D eigenvalue weighted by Crippen LogP contribution is -2.17. The molecule has 0 N–H and O–H groups in total. The molecule has 0 amide bonds. The third-order valence-corrected chi connectivity index (χ3v) is 3.45. The van der Waals surface area contributed by atoms with Gasteiger partial charge in [0.1, 0.15) is 10.1 Å². The normalized spacial score (nSPS) is 15.4. The van der Waals surface area contributed by atoms with Gasteiger partial charge in [-0.3, -0.25) is 9.59 Å². The molecule has 0 saturated carbocycles. The van der Waals surface area contributed by atoms with Crippen LogP contribution >= 0.6 is 34.8 Å². The average molecular weight is 276 g/mol. The summed E-state index contributed by atoms with van der Waals surface area (Å²) in [5, 5.41) is -0.455. The Morgan fingerprint density at radius 2 is 1.50 bits per heavy atom. The number of Topliss-reactive ketones (excluding diaryl/α,β-unsaturated/α-hetero) is 2. The van der Waals surface area contributed by atoms with Gasteiger partial charge in [0.2, 0.25) is 11.6 Å². The van der Waals surface area contributed by atoms with Crippen LogP contribution in [0.1, 0.15) is 26.3 Å². The maximum atomic E-state index is 11.8. The van der Waals surface area contributed by atoms with E-state index in [1.165, 1.54) is 0 Å². The molecule has 0 fully saturated rings. The van der Waals surface area contributed by atoms with E-state index < -0.39 is 11.6 Å². The van der Waals surface area contributed by atoms with E-state index in [0.29, 0.717) is 0 Å². The van der Waals surface area contributed by atoms with Crippen LogP contribution in [0.15, 0.2) is 28.3 Å². The van der Waals surface area contributed by atoms with Gasteiger partial charge in [-0.15, -0.1) is 11.6 Å². The highest BCUT2D eigenvalue weighted by molar-refractivity contribution is 6.59. The SMILES string of the molecule is O=C1C(Cl)=C(Cl)C(=O)c2cc(CCl)ccc21. The summed E-state index contributed by atoms with van der Waals surface area (Å²) in [7, 11) is 0. The first-order valence-corrected chi connectivity index (χ1v) is 5.69. The van der Waals surface area contributed by atoms with E-state index in [2.05, 4.69) is 0 Å². The molecule has 82 valence electrons. The number of alkyl halides is 1. The molecule has 0 saturated heterocycles. The van der Waals surface area contributed by atoms with Gasteiger partial charge in [-0.2, -0.15) is 0 Å². The number of allylic oxidation sites excluding steroid dienone is 2. The second kappa shape index (κ2) is 4.21. The largest absolute Gasteiger partial charge is 0.288 e. The number of hydrogen-bond donors (Lipinski definition) is 0. The number of ketones is 2. The predicted octanol–water partition coefficient (Wildman–Crippen LogP) is 3.49. The smallest absolute Gasteiger partial charge is 0.206 e. The molecule has 1 aliphatic rings. The zero-order valence-electron chi connectivity index (χ0n) is 7.89. The summed E-state index contributed by atoms with van der Waals surface area (Å²) < 4.78 is 0. The van der Waals surface area contributed by atoms with E-state index in [-0.39, 0.29) is 27.1 Å². The first-order valence-electron chi connectivity index (χ1n) is 4.40. The fourth-order valence-corrected chi connectivity index (χ4v) is 2.04. The summed E-state index contributed by atoms with van der Waals surface area (Å²) in [4.78, 5) is 23.5. The number of carbonyl (C=O) groups is 2. The van der Waals surface area contributed by atoms with E-state index in [9.17, 15) is 9.59 Å². The van der Waals surface area contributed by atoms with Crippen molar-refractivity contribution in [2.45, 2.75) is 5.88 Å². The van der Waals surface area contributed by atoms with Gasteiger partial charge in [0.15, 0.2) is 0 Å². The Kier molecular flexibility index (Phi) is 3.06. The quantitative estimate of drug-likeness (QED) is 0.735. The van der Waals surface area contributed by atoms with Crippen molar-refractivity contribution in [2.24, 2.45) is 0 Å². The van der Waals surface area contributed by atoms with Crippen LogP contribution in [0.2, 0.25) is 0 Å². The van der Waals surface area contributed by atoms with Gasteiger partial charge in [0.05, 0.1) is 0 Å². The third-order valence-electron chi connectivity index (χ3n) is 2.32. The van der Waals surface area contributed by atoms with Crippen LogP contribution < -0.4 is 0 Å². The highest BCUT2D eigenvalue weighted by Gasteiger charge is 2.30. The number of rotatable bonds is 1. The monoisotopic (exact) mass is 274 g/mol. The summed E-state index contributed by atoms with van der Waals surface area (Å²) in [6.45, 7) is 0. The molecular weight excluding hydrogens is 270 g/mol. The molecule has 1 aromatic carbocycles. The van der Waals surface area contributed by atoms with Crippen molar-refractivity contribution >= 4 is 46.4 Å². The molecule has 1 aromatic rings. The van der Waals surface area contributed by atoms with Crippen LogP contribution in [0.3, 0.4) is 0 Å². The van der Waals surface area contributed by atoms with E-state index in [4.69, 9.17) is 34.8 Å². The van der Waals surface area contributed by atoms with Crippen molar-refractivity contribution < 1.29 is 9.59 Å². The standard InChI is InChI=1S/C11H5Cl3O2/c12-4-5-1-2-6-7(3-5)11(16)9(14)8(13)10(6)15/h1-3H,4H2. The Labute approximate surface area is 107 Å². The summed E-state index contributed by atoms with van der Waals surface area (Å²) in [6, 6.07) is 4.79. The lowest BCUT2D eigenvalue weighted by atomic mass is 9.93. The molecule has 0 spiro atoms. The fourth-order valence-electron chi connectivity index (χ4n) is 1.50. The molecule has 0 unspecified atom stereocenters. The number of halogens is 3. The predicted molar refractivity (Wildman–Crippen MR) is 63.4 cm³/mol. The van der Waals surface area contributed by atoms with Gasteiger partial charge in [-0.25, -0.2) is 0 Å². The van der Waals surface area contributed by atoms with Crippen molar-refractivity contribution in [3.05, 3.63) is 45.0 Å². The van der Waals surface area contributed by atoms with Gasteiger partial charge < -0.3 is 0 Å². The minimum atomic E-state index is -0.437. The van der Waals surface area contributed by atoms with Crippen LogP contribution in [-0.2, 0) is 5.88 Å². The summed E-state index contributed by atoms with van der Waals surface area (Å²) in [6.07, 6.45) is 0. The van der Waals surface area contributed by atoms with Gasteiger partial charge in [-0.1, -0.05) is 29.3 Å². The van der Waals surface area contributed by atoms with Crippen LogP contribution in [0.25, 0.3) is 0 Å².